The highest BCUT2D eigenvalue weighted by Crippen LogP contribution is 2.30. The van der Waals surface area contributed by atoms with Crippen molar-refractivity contribution >= 4 is 46.4 Å². The number of aliphatic hydroxyl groups is 1. The average molecular weight is 467 g/mol. The first-order valence-electron chi connectivity index (χ1n) is 8.44. The van der Waals surface area contributed by atoms with Crippen molar-refractivity contribution in [3.8, 4) is 0 Å². The van der Waals surface area contributed by atoms with Crippen molar-refractivity contribution in [1.29, 1.82) is 0 Å². The fourth-order valence-corrected chi connectivity index (χ4v) is 3.69. The number of thiazole rings is 1. The Hall–Kier alpha value is -0.610. The molecule has 0 radical (unpaired) electrons. The lowest BCUT2D eigenvalue weighted by Gasteiger charge is -2.36. The van der Waals surface area contributed by atoms with Crippen LogP contribution in [0.3, 0.4) is 0 Å². The van der Waals surface area contributed by atoms with E-state index in [1.807, 2.05) is 11.6 Å². The van der Waals surface area contributed by atoms with Crippen molar-refractivity contribution < 1.29 is 5.11 Å². The fourth-order valence-electron chi connectivity index (χ4n) is 2.99. The second-order valence-electron chi connectivity index (χ2n) is 6.14. The van der Waals surface area contributed by atoms with E-state index in [4.69, 9.17) is 5.73 Å². The molecule has 0 amide bonds. The van der Waals surface area contributed by atoms with E-state index in [2.05, 4.69) is 33.6 Å². The minimum atomic E-state index is 0. The summed E-state index contributed by atoms with van der Waals surface area (Å²) in [6, 6.07) is 0. The number of aliphatic imine (C=N–C) groups is 1. The molecule has 1 aromatic rings. The Morgan fingerprint density at radius 1 is 1.33 bits per heavy atom. The highest BCUT2D eigenvalue weighted by Gasteiger charge is 2.26. The topological polar surface area (TPSA) is 78.0 Å². The van der Waals surface area contributed by atoms with Gasteiger partial charge in [0.15, 0.2) is 11.1 Å². The van der Waals surface area contributed by atoms with Gasteiger partial charge >= 0.3 is 0 Å². The van der Waals surface area contributed by atoms with Gasteiger partial charge in [-0.25, -0.2) is 4.98 Å². The minimum absolute atomic E-state index is 0. The van der Waals surface area contributed by atoms with E-state index in [-0.39, 0.29) is 36.0 Å². The van der Waals surface area contributed by atoms with Crippen LogP contribution >= 0.6 is 35.3 Å². The van der Waals surface area contributed by atoms with Crippen LogP contribution in [0.4, 0.5) is 5.13 Å². The highest BCUT2D eigenvalue weighted by atomic mass is 127. The number of halogens is 1. The predicted octanol–water partition coefficient (Wildman–Crippen LogP) is 2.39. The molecular weight excluding hydrogens is 437 g/mol. The summed E-state index contributed by atoms with van der Waals surface area (Å²) in [5.74, 6) is 0.632. The quantitative estimate of drug-likeness (QED) is 0.366. The second kappa shape index (κ2) is 10.4. The molecule has 1 aliphatic rings. The molecule has 8 heteroatoms. The van der Waals surface area contributed by atoms with Crippen LogP contribution in [-0.2, 0) is 0 Å². The fraction of sp³-hybridized carbons (Fsp3) is 0.750. The van der Waals surface area contributed by atoms with Crippen LogP contribution in [-0.4, -0.2) is 60.3 Å². The standard InChI is InChI=1S/C16H29N5OS.HI/c1-3-16(4-2,5-11-22)13-19-14(17)20-7-9-21(10-8-20)15-18-6-12-23-15;/h6,12,22H,3-5,7-11,13H2,1-2H3,(H2,17,19);1H. The molecule has 0 saturated carbocycles. The Morgan fingerprint density at radius 3 is 2.50 bits per heavy atom. The Morgan fingerprint density at radius 2 is 2.00 bits per heavy atom. The predicted molar refractivity (Wildman–Crippen MR) is 113 cm³/mol. The first-order valence-corrected chi connectivity index (χ1v) is 9.32. The summed E-state index contributed by atoms with van der Waals surface area (Å²) in [7, 11) is 0. The molecule has 0 aromatic carbocycles. The van der Waals surface area contributed by atoms with Crippen molar-refractivity contribution in [2.24, 2.45) is 16.1 Å². The molecule has 6 nitrogen and oxygen atoms in total. The summed E-state index contributed by atoms with van der Waals surface area (Å²) in [5.41, 5.74) is 6.28. The van der Waals surface area contributed by atoms with E-state index in [1.54, 1.807) is 11.3 Å². The van der Waals surface area contributed by atoms with Gasteiger partial charge in [-0.2, -0.15) is 0 Å². The van der Waals surface area contributed by atoms with E-state index >= 15 is 0 Å². The van der Waals surface area contributed by atoms with Crippen LogP contribution in [0.25, 0.3) is 0 Å². The van der Waals surface area contributed by atoms with Gasteiger partial charge in [-0.1, -0.05) is 13.8 Å². The molecule has 1 saturated heterocycles. The number of nitrogens with two attached hydrogens (primary N) is 1. The van der Waals surface area contributed by atoms with Crippen LogP contribution in [0.15, 0.2) is 16.6 Å². The molecular formula is C16H30IN5OS. The number of anilines is 1. The summed E-state index contributed by atoms with van der Waals surface area (Å²) in [6.07, 6.45) is 4.66. The van der Waals surface area contributed by atoms with Crippen LogP contribution in [0, 0.1) is 5.41 Å². The number of piperazine rings is 1. The summed E-state index contributed by atoms with van der Waals surface area (Å²) in [4.78, 5) is 13.5. The average Bonchev–Trinajstić information content (AvgIpc) is 3.13. The van der Waals surface area contributed by atoms with E-state index < -0.39 is 0 Å². The van der Waals surface area contributed by atoms with Crippen LogP contribution in [0.2, 0.25) is 0 Å². The van der Waals surface area contributed by atoms with Gasteiger partial charge in [0.2, 0.25) is 0 Å². The summed E-state index contributed by atoms with van der Waals surface area (Å²) >= 11 is 1.68. The Balaban J connectivity index is 0.00000288. The monoisotopic (exact) mass is 467 g/mol. The largest absolute Gasteiger partial charge is 0.396 e. The normalized spacial score (nSPS) is 16.2. The van der Waals surface area contributed by atoms with Gasteiger partial charge < -0.3 is 20.6 Å². The molecule has 138 valence electrons. The lowest BCUT2D eigenvalue weighted by atomic mass is 9.79. The molecule has 3 N–H and O–H groups in total. The number of aromatic nitrogens is 1. The van der Waals surface area contributed by atoms with Crippen LogP contribution < -0.4 is 10.6 Å². The summed E-state index contributed by atoms with van der Waals surface area (Å²) in [6.45, 7) is 8.83. The van der Waals surface area contributed by atoms with Crippen molar-refractivity contribution in [1.82, 2.24) is 9.88 Å². The maximum atomic E-state index is 9.30. The third-order valence-corrected chi connectivity index (χ3v) is 5.84. The number of nitrogens with zero attached hydrogens (tertiary/aromatic N) is 4. The molecule has 24 heavy (non-hydrogen) atoms. The first-order chi connectivity index (χ1) is 11.1. The van der Waals surface area contributed by atoms with Crippen molar-refractivity contribution in [2.75, 3.05) is 44.2 Å². The molecule has 2 heterocycles. The molecule has 1 aromatic heterocycles. The second-order valence-corrected chi connectivity index (χ2v) is 7.02. The van der Waals surface area contributed by atoms with Gasteiger partial charge in [0, 0.05) is 50.9 Å². The smallest absolute Gasteiger partial charge is 0.191 e. The van der Waals surface area contributed by atoms with Crippen LogP contribution in [0.5, 0.6) is 0 Å². The van der Waals surface area contributed by atoms with E-state index in [9.17, 15) is 5.11 Å². The van der Waals surface area contributed by atoms with Gasteiger partial charge in [-0.3, -0.25) is 4.99 Å². The Labute approximate surface area is 166 Å². The van der Waals surface area contributed by atoms with Gasteiger partial charge in [-0.05, 0) is 24.7 Å². The molecule has 0 spiro atoms. The molecule has 0 bridgehead atoms. The van der Waals surface area contributed by atoms with Gasteiger partial charge in [0.25, 0.3) is 0 Å². The van der Waals surface area contributed by atoms with Gasteiger partial charge in [0.05, 0.1) is 0 Å². The maximum absolute atomic E-state index is 9.30. The van der Waals surface area contributed by atoms with E-state index in [0.29, 0.717) is 12.5 Å². The van der Waals surface area contributed by atoms with E-state index in [0.717, 1.165) is 50.6 Å². The molecule has 0 aliphatic carbocycles. The molecule has 1 aliphatic heterocycles. The SMILES string of the molecule is CCC(CC)(CCO)CN=C(N)N1CCN(c2nccs2)CC1.I. The zero-order valence-electron chi connectivity index (χ0n) is 14.6. The highest BCUT2D eigenvalue weighted by molar-refractivity contribution is 14.0. The summed E-state index contributed by atoms with van der Waals surface area (Å²) < 4.78 is 0. The third kappa shape index (κ3) is 5.45. The molecule has 2 rings (SSSR count). The van der Waals surface area contributed by atoms with Crippen LogP contribution in [0.1, 0.15) is 33.1 Å². The molecule has 0 unspecified atom stereocenters. The van der Waals surface area contributed by atoms with E-state index in [1.165, 1.54) is 0 Å². The maximum Gasteiger partial charge on any atom is 0.191 e. The third-order valence-electron chi connectivity index (χ3n) is 5.01. The first kappa shape index (κ1) is 21.4. The van der Waals surface area contributed by atoms with Gasteiger partial charge in [-0.15, -0.1) is 35.3 Å². The number of aliphatic hydroxyl groups excluding tert-OH is 1. The number of rotatable bonds is 7. The lowest BCUT2D eigenvalue weighted by Crippen LogP contribution is -2.51. The number of hydrogen-bond donors (Lipinski definition) is 2. The summed E-state index contributed by atoms with van der Waals surface area (Å²) in [5, 5.41) is 12.4. The molecule has 1 fully saturated rings. The van der Waals surface area contributed by atoms with Crippen molar-refractivity contribution in [3.63, 3.8) is 0 Å². The lowest BCUT2D eigenvalue weighted by molar-refractivity contribution is 0.175. The zero-order chi connectivity index (χ0) is 16.7. The number of hydrogen-bond acceptors (Lipinski definition) is 5. The van der Waals surface area contributed by atoms with Crippen molar-refractivity contribution in [3.05, 3.63) is 11.6 Å². The Kier molecular flexibility index (Phi) is 9.28. The minimum Gasteiger partial charge on any atom is -0.396 e. The Bertz CT molecular complexity index is 485. The number of guanidine groups is 1. The van der Waals surface area contributed by atoms with Crippen molar-refractivity contribution in [2.45, 2.75) is 33.1 Å². The zero-order valence-corrected chi connectivity index (χ0v) is 17.8. The van der Waals surface area contributed by atoms with Gasteiger partial charge in [0.1, 0.15) is 0 Å². The molecule has 0 atom stereocenters.